The number of aryl methyl sites for hydroxylation is 2. The van der Waals surface area contributed by atoms with Crippen LogP contribution < -0.4 is 10.2 Å². The zero-order chi connectivity index (χ0) is 15.3. The van der Waals surface area contributed by atoms with Gasteiger partial charge >= 0.3 is 0 Å². The van der Waals surface area contributed by atoms with Crippen molar-refractivity contribution in [1.82, 2.24) is 10.1 Å². The van der Waals surface area contributed by atoms with Gasteiger partial charge < -0.3 is 5.73 Å². The van der Waals surface area contributed by atoms with Gasteiger partial charge in [-0.05, 0) is 24.5 Å². The summed E-state index contributed by atoms with van der Waals surface area (Å²) in [6.07, 6.45) is 4.07. The molecule has 3 heterocycles. The second-order valence-corrected chi connectivity index (χ2v) is 5.66. The molecule has 0 radical (unpaired) electrons. The van der Waals surface area contributed by atoms with Crippen molar-refractivity contribution in [3.8, 4) is 0 Å². The fourth-order valence-corrected chi connectivity index (χ4v) is 3.24. The molecule has 126 valence electrons. The molecule has 0 bridgehead atoms. The number of hydrogen-bond acceptors (Lipinski definition) is 2. The molecule has 0 aliphatic heterocycles. The Morgan fingerprint density at radius 3 is 2.50 bits per heavy atom. The summed E-state index contributed by atoms with van der Waals surface area (Å²) in [5.41, 5.74) is 12.4. The number of para-hydroxylation sites is 1. The zero-order valence-corrected chi connectivity index (χ0v) is 15.3. The lowest BCUT2D eigenvalue weighted by molar-refractivity contribution is -0.580. The lowest BCUT2D eigenvalue weighted by Gasteiger charge is -2.04. The van der Waals surface area contributed by atoms with E-state index in [2.05, 4.69) is 47.9 Å². The van der Waals surface area contributed by atoms with Gasteiger partial charge in [0.25, 0.3) is 5.52 Å². The van der Waals surface area contributed by atoms with Gasteiger partial charge in [-0.25, -0.2) is 4.98 Å². The van der Waals surface area contributed by atoms with Gasteiger partial charge in [0.2, 0.25) is 6.20 Å². The average molecular weight is 364 g/mol. The van der Waals surface area contributed by atoms with Gasteiger partial charge in [-0.2, -0.15) is 5.10 Å². The summed E-state index contributed by atoms with van der Waals surface area (Å²) in [5, 5.41) is 5.77. The van der Waals surface area contributed by atoms with Gasteiger partial charge in [0.05, 0.1) is 16.9 Å². The predicted molar refractivity (Wildman–Crippen MR) is 104 cm³/mol. The molecule has 0 fully saturated rings. The molecule has 4 nitrogen and oxygen atoms in total. The second-order valence-electron chi connectivity index (χ2n) is 5.66. The van der Waals surface area contributed by atoms with Crippen molar-refractivity contribution in [3.63, 3.8) is 0 Å². The lowest BCUT2D eigenvalue weighted by Crippen LogP contribution is -2.28. The largest absolute Gasteiger partial charge is 0.397 e. The van der Waals surface area contributed by atoms with Crippen molar-refractivity contribution in [2.45, 2.75) is 26.7 Å². The summed E-state index contributed by atoms with van der Waals surface area (Å²) < 4.78 is 2.06. The number of benzene rings is 1. The molecule has 1 aromatic carbocycles. The maximum Gasteiger partial charge on any atom is 0.262 e. The minimum absolute atomic E-state index is 0. The average Bonchev–Trinajstić information content (AvgIpc) is 2.94. The van der Waals surface area contributed by atoms with Crippen molar-refractivity contribution in [2.24, 2.45) is 0 Å². The highest BCUT2D eigenvalue weighted by Gasteiger charge is 2.17. The van der Waals surface area contributed by atoms with Crippen molar-refractivity contribution in [2.75, 3.05) is 5.73 Å². The maximum absolute atomic E-state index is 6.09. The first kappa shape index (κ1) is 18.3. The lowest BCUT2D eigenvalue weighted by atomic mass is 10.1. The molecule has 0 spiro atoms. The normalized spacial score (nSPS) is 10.8. The predicted octanol–water partition coefficient (Wildman–Crippen LogP) is 4.01. The van der Waals surface area contributed by atoms with Crippen LogP contribution in [0.1, 0.15) is 25.1 Å². The molecule has 0 aliphatic carbocycles. The molecule has 4 aromatic rings. The summed E-state index contributed by atoms with van der Waals surface area (Å²) in [7, 11) is 0. The third-order valence-corrected chi connectivity index (χ3v) is 4.42. The summed E-state index contributed by atoms with van der Waals surface area (Å²) in [6, 6.07) is 10.3. The number of anilines is 1. The van der Waals surface area contributed by atoms with Crippen LogP contribution >= 0.6 is 24.8 Å². The van der Waals surface area contributed by atoms with Crippen LogP contribution in [-0.2, 0) is 12.8 Å². The molecule has 0 saturated heterocycles. The van der Waals surface area contributed by atoms with Crippen LogP contribution in [-0.4, -0.2) is 10.1 Å². The first-order valence-electron chi connectivity index (χ1n) is 7.76. The summed E-state index contributed by atoms with van der Waals surface area (Å²) >= 11 is 0. The van der Waals surface area contributed by atoms with E-state index in [4.69, 9.17) is 10.7 Å². The highest BCUT2D eigenvalue weighted by molar-refractivity contribution is 6.13. The molecular formula is C18H21Cl2N4+. The van der Waals surface area contributed by atoms with E-state index in [1.54, 1.807) is 0 Å². The Balaban J connectivity index is 0.00000104. The van der Waals surface area contributed by atoms with Crippen LogP contribution in [0, 0.1) is 0 Å². The van der Waals surface area contributed by atoms with Crippen molar-refractivity contribution >= 4 is 57.8 Å². The topological polar surface area (TPSA) is 58.8 Å². The van der Waals surface area contributed by atoms with Gasteiger partial charge in [0.1, 0.15) is 5.52 Å². The fraction of sp³-hybridized carbons (Fsp3) is 0.222. The third kappa shape index (κ3) is 2.56. The molecule has 0 unspecified atom stereocenters. The highest BCUT2D eigenvalue weighted by Crippen LogP contribution is 2.30. The first-order valence-corrected chi connectivity index (χ1v) is 7.76. The minimum atomic E-state index is 0. The van der Waals surface area contributed by atoms with Gasteiger partial charge in [-0.1, -0.05) is 30.5 Å². The van der Waals surface area contributed by atoms with Crippen LogP contribution in [0.3, 0.4) is 0 Å². The number of H-pyrrole nitrogens is 1. The molecule has 4 rings (SSSR count). The van der Waals surface area contributed by atoms with E-state index in [9.17, 15) is 0 Å². The number of nitrogens with two attached hydrogens (primary N) is 1. The van der Waals surface area contributed by atoms with E-state index in [-0.39, 0.29) is 24.8 Å². The molecule has 3 N–H and O–H groups in total. The second kappa shape index (κ2) is 6.83. The molecule has 0 atom stereocenters. The van der Waals surface area contributed by atoms with Crippen LogP contribution in [0.2, 0.25) is 0 Å². The summed E-state index contributed by atoms with van der Waals surface area (Å²) in [4.78, 5) is 4.81. The Labute approximate surface area is 152 Å². The minimum Gasteiger partial charge on any atom is -0.397 e. The molecule has 0 saturated carbocycles. The Morgan fingerprint density at radius 2 is 1.79 bits per heavy atom. The van der Waals surface area contributed by atoms with Crippen LogP contribution in [0.25, 0.3) is 27.3 Å². The molecule has 6 heteroatoms. The number of halogens is 2. The number of nitrogens with zero attached hydrogens (tertiary/aromatic N) is 2. The number of nitrogens with one attached hydrogen (secondary N) is 1. The van der Waals surface area contributed by atoms with Gasteiger partial charge in [-0.3, -0.25) is 0 Å². The standard InChI is InChI=1S/C18H18N4.2ClH/c1-3-11-10-16-18-13(8-9-22(16)21-15(11)4-2)12-6-5-7-14(19)17(12)20-18;;/h5-10H,3-4H2,1-2H3,(H2,19,21);2*1H/p+1. The quantitative estimate of drug-likeness (QED) is 0.417. The van der Waals surface area contributed by atoms with E-state index in [0.29, 0.717) is 0 Å². The Morgan fingerprint density at radius 1 is 1.04 bits per heavy atom. The number of aromatic amines is 1. The smallest absolute Gasteiger partial charge is 0.262 e. The number of hydrogen-bond donors (Lipinski definition) is 2. The number of aromatic nitrogens is 3. The van der Waals surface area contributed by atoms with Gasteiger partial charge in [-0.15, -0.1) is 24.8 Å². The molecule has 0 amide bonds. The SMILES string of the molecule is CCc1cc2c3nc4c(N)cccc4c3cc[n+]2[nH]c1CC.Cl.Cl. The van der Waals surface area contributed by atoms with E-state index >= 15 is 0 Å². The molecule has 3 aromatic heterocycles. The summed E-state index contributed by atoms with van der Waals surface area (Å²) in [6.45, 7) is 4.36. The van der Waals surface area contributed by atoms with Crippen molar-refractivity contribution in [1.29, 1.82) is 0 Å². The molecule has 0 aliphatic rings. The number of rotatable bonds is 2. The van der Waals surface area contributed by atoms with Crippen molar-refractivity contribution < 1.29 is 4.52 Å². The van der Waals surface area contributed by atoms with Crippen molar-refractivity contribution in [3.05, 3.63) is 47.8 Å². The van der Waals surface area contributed by atoms with Gasteiger partial charge in [0.15, 0.2) is 0 Å². The Hall–Kier alpha value is -2.04. The number of pyridine rings is 1. The summed E-state index contributed by atoms with van der Waals surface area (Å²) in [5.74, 6) is 0. The molecule has 24 heavy (non-hydrogen) atoms. The van der Waals surface area contributed by atoms with E-state index in [0.717, 1.165) is 45.9 Å². The number of fused-ring (bicyclic) bond motifs is 5. The van der Waals surface area contributed by atoms with E-state index in [1.807, 2.05) is 12.1 Å². The van der Waals surface area contributed by atoms with E-state index < -0.39 is 0 Å². The maximum atomic E-state index is 6.09. The van der Waals surface area contributed by atoms with Crippen LogP contribution in [0.5, 0.6) is 0 Å². The third-order valence-electron chi connectivity index (χ3n) is 4.42. The molecular weight excluding hydrogens is 343 g/mol. The monoisotopic (exact) mass is 363 g/mol. The highest BCUT2D eigenvalue weighted by atomic mass is 35.5. The zero-order valence-electron chi connectivity index (χ0n) is 13.7. The van der Waals surface area contributed by atoms with Crippen LogP contribution in [0.15, 0.2) is 36.5 Å². The fourth-order valence-electron chi connectivity index (χ4n) is 3.24. The van der Waals surface area contributed by atoms with Crippen LogP contribution in [0.4, 0.5) is 5.69 Å². The Kier molecular flexibility index (Phi) is 5.21. The Bertz CT molecular complexity index is 1020. The van der Waals surface area contributed by atoms with E-state index in [1.165, 1.54) is 11.3 Å². The number of nitrogen functional groups attached to an aromatic ring is 1. The van der Waals surface area contributed by atoms with Gasteiger partial charge in [0, 0.05) is 22.9 Å². The first-order chi connectivity index (χ1) is 10.7.